The van der Waals surface area contributed by atoms with Gasteiger partial charge in [-0.1, -0.05) is 0 Å². The number of amides is 1. The molecule has 1 aromatic rings. The van der Waals surface area contributed by atoms with Crippen molar-refractivity contribution in [1.82, 2.24) is 4.90 Å². The Kier molecular flexibility index (Phi) is 4.17. The smallest absolute Gasteiger partial charge is 0.339 e. The van der Waals surface area contributed by atoms with E-state index in [4.69, 9.17) is 5.84 Å². The topological polar surface area (TPSA) is 58.4 Å². The van der Waals surface area contributed by atoms with Gasteiger partial charge in [0.15, 0.2) is 0 Å². The van der Waals surface area contributed by atoms with Gasteiger partial charge in [0, 0.05) is 13.1 Å². The Labute approximate surface area is 114 Å². The molecule has 0 aromatic heterocycles. The average molecular weight is 287 g/mol. The summed E-state index contributed by atoms with van der Waals surface area (Å²) in [6.45, 7) is 1.14. The lowest BCUT2D eigenvalue weighted by atomic mass is 10.0. The minimum atomic E-state index is -4.48. The predicted octanol–water partition coefficient (Wildman–Crippen LogP) is 2.62. The van der Waals surface area contributed by atoms with Gasteiger partial charge in [-0.3, -0.25) is 10.6 Å². The van der Waals surface area contributed by atoms with Crippen molar-refractivity contribution >= 4 is 11.6 Å². The van der Waals surface area contributed by atoms with Crippen molar-refractivity contribution in [2.24, 2.45) is 5.84 Å². The van der Waals surface area contributed by atoms with Crippen molar-refractivity contribution < 1.29 is 18.0 Å². The van der Waals surface area contributed by atoms with Gasteiger partial charge in [0.2, 0.25) is 0 Å². The number of hydrogen-bond acceptors (Lipinski definition) is 3. The summed E-state index contributed by atoms with van der Waals surface area (Å²) in [5.74, 6) is 4.86. The van der Waals surface area contributed by atoms with Crippen LogP contribution in [0.1, 0.15) is 35.2 Å². The molecule has 0 aliphatic carbocycles. The van der Waals surface area contributed by atoms with E-state index in [1.54, 1.807) is 4.90 Å². The first-order chi connectivity index (χ1) is 9.43. The molecular formula is C13H16F3N3O. The lowest BCUT2D eigenvalue weighted by Crippen LogP contribution is -2.36. The maximum Gasteiger partial charge on any atom is 0.416 e. The van der Waals surface area contributed by atoms with Crippen LogP contribution in [0.3, 0.4) is 0 Å². The van der Waals surface area contributed by atoms with Crippen LogP contribution < -0.4 is 11.3 Å². The molecule has 4 nitrogen and oxygen atoms in total. The molecule has 110 valence electrons. The Morgan fingerprint density at radius 2 is 1.85 bits per heavy atom. The highest BCUT2D eigenvalue weighted by Gasteiger charge is 2.32. The molecule has 0 spiro atoms. The van der Waals surface area contributed by atoms with E-state index in [2.05, 4.69) is 5.43 Å². The van der Waals surface area contributed by atoms with Gasteiger partial charge in [-0.05, 0) is 37.5 Å². The predicted molar refractivity (Wildman–Crippen MR) is 69.0 cm³/mol. The second-order valence-corrected chi connectivity index (χ2v) is 4.76. The zero-order valence-electron chi connectivity index (χ0n) is 10.8. The monoisotopic (exact) mass is 287 g/mol. The molecule has 0 saturated carbocycles. The highest BCUT2D eigenvalue weighted by atomic mass is 19.4. The number of carbonyl (C=O) groups is 1. The van der Waals surface area contributed by atoms with Crippen LogP contribution in [0.5, 0.6) is 0 Å². The van der Waals surface area contributed by atoms with Crippen molar-refractivity contribution in [3.63, 3.8) is 0 Å². The fraction of sp³-hybridized carbons (Fsp3) is 0.462. The summed E-state index contributed by atoms with van der Waals surface area (Å²) in [6, 6.07) is 2.94. The Balaban J connectivity index is 2.34. The molecule has 0 radical (unpaired) electrons. The molecule has 0 unspecified atom stereocenters. The first-order valence-corrected chi connectivity index (χ1v) is 6.40. The number of hydrazine groups is 1. The maximum atomic E-state index is 12.7. The molecule has 1 saturated heterocycles. The summed E-state index contributed by atoms with van der Waals surface area (Å²) in [4.78, 5) is 13.9. The summed E-state index contributed by atoms with van der Waals surface area (Å²) >= 11 is 0. The van der Waals surface area contributed by atoms with E-state index in [-0.39, 0.29) is 11.3 Å². The molecule has 7 heteroatoms. The SMILES string of the molecule is NNc1ccc(C(F)(F)F)cc1C(=O)N1CCCCC1. The van der Waals surface area contributed by atoms with E-state index in [9.17, 15) is 18.0 Å². The van der Waals surface area contributed by atoms with E-state index in [1.807, 2.05) is 0 Å². The molecule has 1 aliphatic rings. The molecule has 3 N–H and O–H groups in total. The third-order valence-corrected chi connectivity index (χ3v) is 3.38. The molecule has 20 heavy (non-hydrogen) atoms. The Morgan fingerprint density at radius 3 is 2.40 bits per heavy atom. The second-order valence-electron chi connectivity index (χ2n) is 4.76. The number of hydrogen-bond donors (Lipinski definition) is 2. The molecule has 1 amide bonds. The van der Waals surface area contributed by atoms with Crippen LogP contribution in [0.4, 0.5) is 18.9 Å². The van der Waals surface area contributed by atoms with E-state index in [1.165, 1.54) is 6.07 Å². The van der Waals surface area contributed by atoms with Crippen LogP contribution in [-0.2, 0) is 6.18 Å². The number of nitrogens with two attached hydrogens (primary N) is 1. The minimum Gasteiger partial charge on any atom is -0.339 e. The molecule has 1 aliphatic heterocycles. The summed E-state index contributed by atoms with van der Waals surface area (Å²) in [5, 5.41) is 0. The minimum absolute atomic E-state index is 0.0378. The highest BCUT2D eigenvalue weighted by molar-refractivity contribution is 5.99. The van der Waals surface area contributed by atoms with E-state index < -0.39 is 17.6 Å². The summed E-state index contributed by atoms with van der Waals surface area (Å²) < 4.78 is 38.2. The van der Waals surface area contributed by atoms with Crippen LogP contribution in [0, 0.1) is 0 Å². The molecular weight excluding hydrogens is 271 g/mol. The first kappa shape index (κ1) is 14.6. The highest BCUT2D eigenvalue weighted by Crippen LogP contribution is 2.32. The molecule has 2 rings (SSSR count). The summed E-state index contributed by atoms with van der Waals surface area (Å²) in [5.41, 5.74) is 1.59. The Morgan fingerprint density at radius 1 is 1.20 bits per heavy atom. The van der Waals surface area contributed by atoms with E-state index >= 15 is 0 Å². The second kappa shape index (κ2) is 5.70. The quantitative estimate of drug-likeness (QED) is 0.649. The Hall–Kier alpha value is -1.76. The summed E-state index contributed by atoms with van der Waals surface area (Å²) in [6.07, 6.45) is -1.70. The number of nitrogen functional groups attached to an aromatic ring is 1. The number of nitrogens with zero attached hydrogens (tertiary/aromatic N) is 1. The van der Waals surface area contributed by atoms with Gasteiger partial charge in [-0.25, -0.2) is 0 Å². The van der Waals surface area contributed by atoms with Crippen molar-refractivity contribution in [1.29, 1.82) is 0 Å². The largest absolute Gasteiger partial charge is 0.416 e. The number of piperidine rings is 1. The lowest BCUT2D eigenvalue weighted by Gasteiger charge is -2.27. The van der Waals surface area contributed by atoms with Crippen LogP contribution in [0.15, 0.2) is 18.2 Å². The van der Waals surface area contributed by atoms with Crippen molar-refractivity contribution in [3.8, 4) is 0 Å². The number of nitrogens with one attached hydrogen (secondary N) is 1. The van der Waals surface area contributed by atoms with Gasteiger partial charge in [-0.15, -0.1) is 0 Å². The molecule has 1 heterocycles. The fourth-order valence-corrected chi connectivity index (χ4v) is 2.29. The van der Waals surface area contributed by atoms with Gasteiger partial charge in [0.05, 0.1) is 16.8 Å². The zero-order chi connectivity index (χ0) is 14.8. The fourth-order valence-electron chi connectivity index (χ4n) is 2.29. The third kappa shape index (κ3) is 3.04. The number of alkyl halides is 3. The van der Waals surface area contributed by atoms with Crippen LogP contribution >= 0.6 is 0 Å². The third-order valence-electron chi connectivity index (χ3n) is 3.38. The number of carbonyl (C=O) groups excluding carboxylic acids is 1. The zero-order valence-corrected chi connectivity index (χ0v) is 10.8. The van der Waals surface area contributed by atoms with Gasteiger partial charge >= 0.3 is 6.18 Å². The van der Waals surface area contributed by atoms with Crippen LogP contribution in [0.25, 0.3) is 0 Å². The average Bonchev–Trinajstić information content (AvgIpc) is 2.45. The van der Waals surface area contributed by atoms with Gasteiger partial charge in [0.1, 0.15) is 0 Å². The number of anilines is 1. The Bertz CT molecular complexity index is 496. The van der Waals surface area contributed by atoms with Crippen molar-refractivity contribution in [2.75, 3.05) is 18.5 Å². The van der Waals surface area contributed by atoms with Gasteiger partial charge in [-0.2, -0.15) is 13.2 Å². The first-order valence-electron chi connectivity index (χ1n) is 6.40. The van der Waals surface area contributed by atoms with Crippen molar-refractivity contribution in [2.45, 2.75) is 25.4 Å². The van der Waals surface area contributed by atoms with Crippen LogP contribution in [0.2, 0.25) is 0 Å². The van der Waals surface area contributed by atoms with Crippen LogP contribution in [-0.4, -0.2) is 23.9 Å². The van der Waals surface area contributed by atoms with Gasteiger partial charge < -0.3 is 10.3 Å². The number of likely N-dealkylation sites (tertiary alicyclic amines) is 1. The number of halogens is 3. The maximum absolute atomic E-state index is 12.7. The molecule has 1 fully saturated rings. The van der Waals surface area contributed by atoms with E-state index in [0.717, 1.165) is 31.4 Å². The van der Waals surface area contributed by atoms with Gasteiger partial charge in [0.25, 0.3) is 5.91 Å². The summed E-state index contributed by atoms with van der Waals surface area (Å²) in [7, 11) is 0. The molecule has 0 bridgehead atoms. The van der Waals surface area contributed by atoms with E-state index in [0.29, 0.717) is 13.1 Å². The normalized spacial score (nSPS) is 16.1. The van der Waals surface area contributed by atoms with Crippen molar-refractivity contribution in [3.05, 3.63) is 29.3 Å². The lowest BCUT2D eigenvalue weighted by molar-refractivity contribution is -0.137. The standard InChI is InChI=1S/C13H16F3N3O/c14-13(15,16)9-4-5-11(18-17)10(8-9)12(20)19-6-2-1-3-7-19/h4-5,8,18H,1-3,6-7,17H2. The number of rotatable bonds is 2. The molecule has 1 aromatic carbocycles. The molecule has 0 atom stereocenters. The number of benzene rings is 1.